The summed E-state index contributed by atoms with van der Waals surface area (Å²) in [5, 5.41) is 9.83. The number of hydrogen-bond donors (Lipinski definition) is 2. The SMILES string of the molecule is Cn1ccc(CCNC(=O)C2CCC(=O)NC2)n1. The van der Waals surface area contributed by atoms with Crippen molar-refractivity contribution in [3.8, 4) is 0 Å². The monoisotopic (exact) mass is 250 g/mol. The summed E-state index contributed by atoms with van der Waals surface area (Å²) < 4.78 is 1.74. The number of carbonyl (C=O) groups is 2. The maximum absolute atomic E-state index is 11.8. The molecule has 0 spiro atoms. The normalized spacial score (nSPS) is 19.4. The molecule has 1 aromatic rings. The number of nitrogens with zero attached hydrogens (tertiary/aromatic N) is 2. The number of aromatic nitrogens is 2. The molecule has 2 rings (SSSR count). The molecule has 6 nitrogen and oxygen atoms in total. The fourth-order valence-corrected chi connectivity index (χ4v) is 2.01. The van der Waals surface area contributed by atoms with Crippen LogP contribution in [0.5, 0.6) is 0 Å². The second-order valence-electron chi connectivity index (χ2n) is 4.56. The molecule has 6 heteroatoms. The Morgan fingerprint density at radius 1 is 1.67 bits per heavy atom. The Bertz CT molecular complexity index is 431. The van der Waals surface area contributed by atoms with E-state index >= 15 is 0 Å². The average molecular weight is 250 g/mol. The molecule has 0 aliphatic carbocycles. The van der Waals surface area contributed by atoms with Crippen LogP contribution >= 0.6 is 0 Å². The van der Waals surface area contributed by atoms with Gasteiger partial charge < -0.3 is 10.6 Å². The highest BCUT2D eigenvalue weighted by Crippen LogP contribution is 2.10. The Balaban J connectivity index is 1.70. The van der Waals surface area contributed by atoms with Crippen molar-refractivity contribution >= 4 is 11.8 Å². The Labute approximate surface area is 106 Å². The topological polar surface area (TPSA) is 76.0 Å². The van der Waals surface area contributed by atoms with Gasteiger partial charge in [-0.15, -0.1) is 0 Å². The summed E-state index contributed by atoms with van der Waals surface area (Å²) in [6, 6.07) is 1.94. The quantitative estimate of drug-likeness (QED) is 0.764. The van der Waals surface area contributed by atoms with Gasteiger partial charge >= 0.3 is 0 Å². The first-order chi connectivity index (χ1) is 8.65. The first kappa shape index (κ1) is 12.6. The molecule has 1 unspecified atom stereocenters. The molecule has 98 valence electrons. The van der Waals surface area contributed by atoms with Gasteiger partial charge in [-0.2, -0.15) is 5.10 Å². The molecule has 0 bridgehead atoms. The van der Waals surface area contributed by atoms with Gasteiger partial charge in [0, 0.05) is 39.2 Å². The number of hydrogen-bond acceptors (Lipinski definition) is 3. The van der Waals surface area contributed by atoms with Crippen molar-refractivity contribution in [2.75, 3.05) is 13.1 Å². The molecule has 1 aliphatic rings. The fraction of sp³-hybridized carbons (Fsp3) is 0.583. The maximum Gasteiger partial charge on any atom is 0.224 e. The van der Waals surface area contributed by atoms with Crippen LogP contribution in [0.1, 0.15) is 18.5 Å². The van der Waals surface area contributed by atoms with Gasteiger partial charge in [-0.1, -0.05) is 0 Å². The average Bonchev–Trinajstić information content (AvgIpc) is 2.76. The first-order valence-corrected chi connectivity index (χ1v) is 6.18. The van der Waals surface area contributed by atoms with Gasteiger partial charge in [-0.25, -0.2) is 0 Å². The first-order valence-electron chi connectivity index (χ1n) is 6.18. The second kappa shape index (κ2) is 5.66. The maximum atomic E-state index is 11.8. The number of nitrogens with one attached hydrogen (secondary N) is 2. The third kappa shape index (κ3) is 3.32. The standard InChI is InChI=1S/C12H18N4O2/c1-16-7-5-10(15-16)4-6-13-12(18)9-2-3-11(17)14-8-9/h5,7,9H,2-4,6,8H2,1H3,(H,13,18)(H,14,17). The number of amides is 2. The van der Waals surface area contributed by atoms with Crippen molar-refractivity contribution < 1.29 is 9.59 Å². The zero-order valence-electron chi connectivity index (χ0n) is 10.5. The largest absolute Gasteiger partial charge is 0.355 e. The molecule has 1 aromatic heterocycles. The molecule has 1 fully saturated rings. The highest BCUT2D eigenvalue weighted by atomic mass is 16.2. The fourth-order valence-electron chi connectivity index (χ4n) is 2.01. The number of aryl methyl sites for hydroxylation is 1. The van der Waals surface area contributed by atoms with E-state index in [4.69, 9.17) is 0 Å². The van der Waals surface area contributed by atoms with Crippen molar-refractivity contribution in [3.63, 3.8) is 0 Å². The third-order valence-electron chi connectivity index (χ3n) is 3.09. The van der Waals surface area contributed by atoms with Crippen LogP contribution < -0.4 is 10.6 Å². The van der Waals surface area contributed by atoms with Gasteiger partial charge in [0.1, 0.15) is 0 Å². The van der Waals surface area contributed by atoms with Crippen LogP contribution in [0.3, 0.4) is 0 Å². The van der Waals surface area contributed by atoms with E-state index in [1.54, 1.807) is 4.68 Å². The molecule has 0 radical (unpaired) electrons. The highest BCUT2D eigenvalue weighted by molar-refractivity contribution is 5.83. The number of rotatable bonds is 4. The van der Waals surface area contributed by atoms with E-state index in [0.717, 1.165) is 12.1 Å². The van der Waals surface area contributed by atoms with Crippen LogP contribution in [0.25, 0.3) is 0 Å². The summed E-state index contributed by atoms with van der Waals surface area (Å²) >= 11 is 0. The summed E-state index contributed by atoms with van der Waals surface area (Å²) in [7, 11) is 1.87. The van der Waals surface area contributed by atoms with E-state index < -0.39 is 0 Å². The van der Waals surface area contributed by atoms with Gasteiger partial charge in [0.2, 0.25) is 11.8 Å². The lowest BCUT2D eigenvalue weighted by Crippen LogP contribution is -2.43. The lowest BCUT2D eigenvalue weighted by molar-refractivity contribution is -0.128. The van der Waals surface area contributed by atoms with Crippen LogP contribution in [-0.4, -0.2) is 34.7 Å². The Hall–Kier alpha value is -1.85. The highest BCUT2D eigenvalue weighted by Gasteiger charge is 2.23. The van der Waals surface area contributed by atoms with Gasteiger partial charge in [0.05, 0.1) is 11.6 Å². The lowest BCUT2D eigenvalue weighted by Gasteiger charge is -2.21. The van der Waals surface area contributed by atoms with Crippen LogP contribution in [0.15, 0.2) is 12.3 Å². The Morgan fingerprint density at radius 3 is 3.11 bits per heavy atom. The number of piperidine rings is 1. The van der Waals surface area contributed by atoms with Gasteiger partial charge in [-0.05, 0) is 12.5 Å². The smallest absolute Gasteiger partial charge is 0.224 e. The molecular weight excluding hydrogens is 232 g/mol. The van der Waals surface area contributed by atoms with Crippen molar-refractivity contribution in [1.29, 1.82) is 0 Å². The molecule has 1 saturated heterocycles. The van der Waals surface area contributed by atoms with E-state index in [1.165, 1.54) is 0 Å². The molecule has 1 atom stereocenters. The van der Waals surface area contributed by atoms with Crippen LogP contribution in [0, 0.1) is 5.92 Å². The molecule has 2 heterocycles. The van der Waals surface area contributed by atoms with Gasteiger partial charge in [0.25, 0.3) is 0 Å². The van der Waals surface area contributed by atoms with E-state index in [9.17, 15) is 9.59 Å². The molecule has 2 amide bonds. The minimum absolute atomic E-state index is 0.0194. The minimum Gasteiger partial charge on any atom is -0.355 e. The summed E-state index contributed by atoms with van der Waals surface area (Å²) in [6.45, 7) is 1.04. The summed E-state index contributed by atoms with van der Waals surface area (Å²) in [5.41, 5.74) is 0.967. The molecule has 0 saturated carbocycles. The molecule has 2 N–H and O–H groups in total. The predicted molar refractivity (Wildman–Crippen MR) is 65.7 cm³/mol. The van der Waals surface area contributed by atoms with Crippen LogP contribution in [0.4, 0.5) is 0 Å². The van der Waals surface area contributed by atoms with Crippen molar-refractivity contribution in [1.82, 2.24) is 20.4 Å². The van der Waals surface area contributed by atoms with Gasteiger partial charge in [0.15, 0.2) is 0 Å². The minimum atomic E-state index is -0.0913. The number of carbonyl (C=O) groups excluding carboxylic acids is 2. The zero-order chi connectivity index (χ0) is 13.0. The van der Waals surface area contributed by atoms with Crippen LogP contribution in [0.2, 0.25) is 0 Å². The van der Waals surface area contributed by atoms with Crippen molar-refractivity contribution in [3.05, 3.63) is 18.0 Å². The van der Waals surface area contributed by atoms with E-state index in [1.807, 2.05) is 19.3 Å². The van der Waals surface area contributed by atoms with E-state index in [2.05, 4.69) is 15.7 Å². The predicted octanol–water partition coefficient (Wildman–Crippen LogP) is -0.395. The Kier molecular flexibility index (Phi) is 3.96. The lowest BCUT2D eigenvalue weighted by atomic mass is 9.98. The second-order valence-corrected chi connectivity index (χ2v) is 4.56. The third-order valence-corrected chi connectivity index (χ3v) is 3.09. The Morgan fingerprint density at radius 2 is 2.50 bits per heavy atom. The summed E-state index contributed by atoms with van der Waals surface area (Å²) in [5.74, 6) is -0.0371. The van der Waals surface area contributed by atoms with E-state index in [-0.39, 0.29) is 17.7 Å². The molecule has 1 aliphatic heterocycles. The van der Waals surface area contributed by atoms with Crippen LogP contribution in [-0.2, 0) is 23.1 Å². The molecule has 0 aromatic carbocycles. The molecule has 18 heavy (non-hydrogen) atoms. The van der Waals surface area contributed by atoms with Crippen molar-refractivity contribution in [2.45, 2.75) is 19.3 Å². The van der Waals surface area contributed by atoms with E-state index in [0.29, 0.717) is 25.9 Å². The zero-order valence-corrected chi connectivity index (χ0v) is 10.5. The summed E-state index contributed by atoms with van der Waals surface area (Å²) in [4.78, 5) is 22.8. The molecular formula is C12H18N4O2. The van der Waals surface area contributed by atoms with Gasteiger partial charge in [-0.3, -0.25) is 14.3 Å². The van der Waals surface area contributed by atoms with Crippen molar-refractivity contribution in [2.24, 2.45) is 13.0 Å². The summed E-state index contributed by atoms with van der Waals surface area (Å²) in [6.07, 6.45) is 3.69.